The van der Waals surface area contributed by atoms with E-state index >= 15 is 0 Å². The van der Waals surface area contributed by atoms with Gasteiger partial charge in [0.15, 0.2) is 0 Å². The summed E-state index contributed by atoms with van der Waals surface area (Å²) in [6, 6.07) is 0.0672. The number of ether oxygens (including phenoxy) is 1. The quantitative estimate of drug-likeness (QED) is 0.676. The molecule has 1 atom stereocenters. The van der Waals surface area contributed by atoms with Crippen LogP contribution in [0.4, 0.5) is 0 Å². The van der Waals surface area contributed by atoms with Crippen LogP contribution in [0.25, 0.3) is 0 Å². The SMILES string of the molecule is CCC(C)n1cc(C(=O)NCC(C)(C)N2CCOCC2)c(=O)c(C(=O)N2CCCCCC2)c1. The lowest BCUT2D eigenvalue weighted by molar-refractivity contribution is -0.00923. The molecule has 1 aromatic rings. The molecule has 184 valence electrons. The molecule has 0 spiro atoms. The maximum Gasteiger partial charge on any atom is 0.259 e. The molecule has 1 N–H and O–H groups in total. The number of likely N-dealkylation sites (tertiary alicyclic amines) is 1. The Morgan fingerprint density at radius 1 is 1.03 bits per heavy atom. The number of carbonyl (C=O) groups excluding carboxylic acids is 2. The molecule has 0 aromatic carbocycles. The number of hydrogen-bond donors (Lipinski definition) is 1. The number of aromatic nitrogens is 1. The summed E-state index contributed by atoms with van der Waals surface area (Å²) in [7, 11) is 0. The number of pyridine rings is 1. The highest BCUT2D eigenvalue weighted by Gasteiger charge is 2.30. The number of hydrogen-bond acceptors (Lipinski definition) is 5. The number of carbonyl (C=O) groups is 2. The van der Waals surface area contributed by atoms with Crippen LogP contribution in [0, 0.1) is 0 Å². The molecule has 33 heavy (non-hydrogen) atoms. The predicted octanol–water partition coefficient (Wildman–Crippen LogP) is 2.68. The molecule has 1 unspecified atom stereocenters. The lowest BCUT2D eigenvalue weighted by Gasteiger charge is -2.40. The molecule has 2 saturated heterocycles. The van der Waals surface area contributed by atoms with Gasteiger partial charge in [0, 0.05) is 56.7 Å². The summed E-state index contributed by atoms with van der Waals surface area (Å²) < 4.78 is 7.28. The lowest BCUT2D eigenvalue weighted by atomic mass is 10.0. The first-order valence-corrected chi connectivity index (χ1v) is 12.4. The van der Waals surface area contributed by atoms with Gasteiger partial charge in [-0.25, -0.2) is 0 Å². The van der Waals surface area contributed by atoms with Crippen molar-refractivity contribution in [3.05, 3.63) is 33.7 Å². The van der Waals surface area contributed by atoms with Crippen molar-refractivity contribution in [1.82, 2.24) is 19.7 Å². The van der Waals surface area contributed by atoms with Crippen LogP contribution in [0.15, 0.2) is 17.2 Å². The summed E-state index contributed by atoms with van der Waals surface area (Å²) in [4.78, 5) is 43.8. The average molecular weight is 461 g/mol. The van der Waals surface area contributed by atoms with Crippen molar-refractivity contribution in [3.63, 3.8) is 0 Å². The van der Waals surface area contributed by atoms with Crippen LogP contribution in [-0.2, 0) is 4.74 Å². The zero-order valence-corrected chi connectivity index (χ0v) is 20.7. The fourth-order valence-electron chi connectivity index (χ4n) is 4.49. The smallest absolute Gasteiger partial charge is 0.259 e. The summed E-state index contributed by atoms with van der Waals surface area (Å²) in [6.07, 6.45) is 8.16. The molecule has 2 fully saturated rings. The van der Waals surface area contributed by atoms with E-state index in [0.717, 1.165) is 45.2 Å². The van der Waals surface area contributed by atoms with E-state index < -0.39 is 11.3 Å². The largest absolute Gasteiger partial charge is 0.379 e. The van der Waals surface area contributed by atoms with Crippen LogP contribution in [0.2, 0.25) is 0 Å². The second kappa shape index (κ2) is 11.3. The van der Waals surface area contributed by atoms with Crippen molar-refractivity contribution in [3.8, 4) is 0 Å². The van der Waals surface area contributed by atoms with Gasteiger partial charge in [0.2, 0.25) is 5.43 Å². The summed E-state index contributed by atoms with van der Waals surface area (Å²) in [5, 5.41) is 2.96. The van der Waals surface area contributed by atoms with Crippen molar-refractivity contribution in [2.75, 3.05) is 45.9 Å². The highest BCUT2D eigenvalue weighted by atomic mass is 16.5. The fraction of sp³-hybridized carbons (Fsp3) is 0.720. The highest BCUT2D eigenvalue weighted by Crippen LogP contribution is 2.17. The van der Waals surface area contributed by atoms with Crippen LogP contribution in [0.5, 0.6) is 0 Å². The summed E-state index contributed by atoms with van der Waals surface area (Å²) in [5.74, 6) is -0.689. The van der Waals surface area contributed by atoms with Crippen molar-refractivity contribution in [1.29, 1.82) is 0 Å². The Labute approximate surface area is 197 Å². The maximum absolute atomic E-state index is 13.3. The molecular formula is C25H40N4O4. The molecule has 3 rings (SSSR count). The van der Waals surface area contributed by atoms with Gasteiger partial charge in [0.05, 0.1) is 13.2 Å². The molecule has 0 aliphatic carbocycles. The van der Waals surface area contributed by atoms with Crippen molar-refractivity contribution in [2.24, 2.45) is 0 Å². The minimum Gasteiger partial charge on any atom is -0.379 e. The Hall–Kier alpha value is -2.19. The van der Waals surface area contributed by atoms with Gasteiger partial charge in [0.25, 0.3) is 11.8 Å². The Bertz CT molecular complexity index is 881. The van der Waals surface area contributed by atoms with Crippen LogP contribution in [0.3, 0.4) is 0 Å². The number of nitrogens with one attached hydrogen (secondary N) is 1. The normalized spacial score (nSPS) is 19.1. The van der Waals surface area contributed by atoms with E-state index in [0.29, 0.717) is 32.8 Å². The van der Waals surface area contributed by atoms with Crippen LogP contribution < -0.4 is 10.7 Å². The van der Waals surface area contributed by atoms with E-state index in [2.05, 4.69) is 24.1 Å². The number of morpholine rings is 1. The van der Waals surface area contributed by atoms with E-state index in [1.165, 1.54) is 0 Å². The van der Waals surface area contributed by atoms with Crippen molar-refractivity contribution >= 4 is 11.8 Å². The molecular weight excluding hydrogens is 420 g/mol. The van der Waals surface area contributed by atoms with Crippen molar-refractivity contribution in [2.45, 2.75) is 71.4 Å². The lowest BCUT2D eigenvalue weighted by Crippen LogP contribution is -2.55. The van der Waals surface area contributed by atoms with Crippen LogP contribution >= 0.6 is 0 Å². The number of nitrogens with zero attached hydrogens (tertiary/aromatic N) is 3. The minimum atomic E-state index is -0.481. The van der Waals surface area contributed by atoms with Gasteiger partial charge in [-0.05, 0) is 40.0 Å². The second-order valence-electron chi connectivity index (χ2n) is 9.92. The average Bonchev–Trinajstić information content (AvgIpc) is 3.12. The summed E-state index contributed by atoms with van der Waals surface area (Å²) >= 11 is 0. The third-order valence-corrected chi connectivity index (χ3v) is 7.06. The maximum atomic E-state index is 13.3. The first-order valence-electron chi connectivity index (χ1n) is 12.4. The van der Waals surface area contributed by atoms with Crippen LogP contribution in [-0.4, -0.2) is 77.7 Å². The summed E-state index contributed by atoms with van der Waals surface area (Å²) in [6.45, 7) is 12.9. The zero-order chi connectivity index (χ0) is 24.0. The molecule has 8 heteroatoms. The van der Waals surface area contributed by atoms with Gasteiger partial charge in [-0.2, -0.15) is 0 Å². The Morgan fingerprint density at radius 2 is 1.64 bits per heavy atom. The molecule has 3 heterocycles. The van der Waals surface area contributed by atoms with Gasteiger partial charge in [0.1, 0.15) is 11.1 Å². The molecule has 0 radical (unpaired) electrons. The first kappa shape index (κ1) is 25.4. The molecule has 0 saturated carbocycles. The minimum absolute atomic E-state index is 0.0359. The first-order chi connectivity index (χ1) is 15.7. The third-order valence-electron chi connectivity index (χ3n) is 7.06. The molecule has 1 aromatic heterocycles. The summed E-state index contributed by atoms with van der Waals surface area (Å²) in [5.41, 5.74) is -0.620. The molecule has 2 amide bonds. The van der Waals surface area contributed by atoms with Gasteiger partial charge in [-0.15, -0.1) is 0 Å². The fourth-order valence-corrected chi connectivity index (χ4v) is 4.49. The molecule has 2 aliphatic rings. The number of amides is 2. The molecule has 0 bridgehead atoms. The topological polar surface area (TPSA) is 83.9 Å². The Balaban J connectivity index is 1.85. The van der Waals surface area contributed by atoms with E-state index in [9.17, 15) is 14.4 Å². The third kappa shape index (κ3) is 6.23. The molecule has 8 nitrogen and oxygen atoms in total. The Morgan fingerprint density at radius 3 is 2.24 bits per heavy atom. The molecule has 2 aliphatic heterocycles. The standard InChI is InChI=1S/C25H40N4O4/c1-5-19(2)28-16-20(23(31)26-18-25(3,4)29-12-14-33-15-13-29)22(30)21(17-28)24(32)27-10-8-6-7-9-11-27/h16-17,19H,5-15,18H2,1-4H3,(H,26,31). The Kier molecular flexibility index (Phi) is 8.70. The number of rotatable bonds is 7. The predicted molar refractivity (Wildman–Crippen MR) is 129 cm³/mol. The van der Waals surface area contributed by atoms with E-state index in [1.807, 2.05) is 18.4 Å². The van der Waals surface area contributed by atoms with Gasteiger partial charge >= 0.3 is 0 Å². The van der Waals surface area contributed by atoms with E-state index in [-0.39, 0.29) is 28.6 Å². The second-order valence-corrected chi connectivity index (χ2v) is 9.92. The monoisotopic (exact) mass is 460 g/mol. The van der Waals surface area contributed by atoms with Crippen molar-refractivity contribution < 1.29 is 14.3 Å². The zero-order valence-electron chi connectivity index (χ0n) is 20.7. The van der Waals surface area contributed by atoms with Gasteiger partial charge < -0.3 is 19.5 Å². The van der Waals surface area contributed by atoms with Gasteiger partial charge in [-0.3, -0.25) is 19.3 Å². The van der Waals surface area contributed by atoms with Gasteiger partial charge in [-0.1, -0.05) is 19.8 Å². The van der Waals surface area contributed by atoms with Crippen LogP contribution in [0.1, 0.15) is 86.6 Å². The highest BCUT2D eigenvalue weighted by molar-refractivity contribution is 5.99. The van der Waals surface area contributed by atoms with E-state index in [1.54, 1.807) is 17.3 Å². The van der Waals surface area contributed by atoms with E-state index in [4.69, 9.17) is 4.74 Å².